The molecule has 19 heavy (non-hydrogen) atoms. The maximum Gasteiger partial charge on any atom is 0.321 e. The zero-order chi connectivity index (χ0) is 13.8. The Morgan fingerprint density at radius 3 is 2.47 bits per heavy atom. The number of nitrogens with one attached hydrogen (secondary N) is 1. The number of anilines is 1. The van der Waals surface area contributed by atoms with Gasteiger partial charge in [0, 0.05) is 23.8 Å². The average molecular weight is 283 g/mol. The van der Waals surface area contributed by atoms with Crippen LogP contribution in [0.2, 0.25) is 5.02 Å². The van der Waals surface area contributed by atoms with Crippen LogP contribution < -0.4 is 5.32 Å². The van der Waals surface area contributed by atoms with Crippen LogP contribution in [0.25, 0.3) is 0 Å². The molecule has 0 spiro atoms. The first-order chi connectivity index (χ1) is 9.06. The third kappa shape index (κ3) is 3.85. The van der Waals surface area contributed by atoms with Crippen molar-refractivity contribution in [3.8, 4) is 0 Å². The van der Waals surface area contributed by atoms with Gasteiger partial charge >= 0.3 is 6.03 Å². The normalized spacial score (nSPS) is 18.2. The number of aliphatic hydroxyl groups is 1. The first-order valence-corrected chi connectivity index (χ1v) is 6.93. The Kier molecular flexibility index (Phi) is 4.66. The molecule has 1 aromatic rings. The standard InChI is InChI=1S/C14H19ClN2O2/c1-10(18)11-6-8-17(9-7-11)14(19)16-13-4-2-12(15)3-5-13/h2-5,10-11,18H,6-9H2,1H3,(H,16,19). The minimum atomic E-state index is -0.290. The van der Waals surface area contributed by atoms with E-state index in [9.17, 15) is 9.90 Å². The number of amides is 2. The Morgan fingerprint density at radius 2 is 1.95 bits per heavy atom. The number of rotatable bonds is 2. The summed E-state index contributed by atoms with van der Waals surface area (Å²) in [5.41, 5.74) is 0.743. The van der Waals surface area contributed by atoms with Crippen LogP contribution in [0.1, 0.15) is 19.8 Å². The second-order valence-electron chi connectivity index (χ2n) is 5.00. The Balaban J connectivity index is 1.86. The van der Waals surface area contributed by atoms with E-state index in [2.05, 4.69) is 5.32 Å². The highest BCUT2D eigenvalue weighted by molar-refractivity contribution is 6.30. The fraction of sp³-hybridized carbons (Fsp3) is 0.500. The molecule has 0 aliphatic carbocycles. The molecule has 1 aromatic carbocycles. The summed E-state index contributed by atoms with van der Waals surface area (Å²) in [5, 5.41) is 13.0. The van der Waals surface area contributed by atoms with Crippen molar-refractivity contribution >= 4 is 23.3 Å². The Hall–Kier alpha value is -1.26. The summed E-state index contributed by atoms with van der Waals surface area (Å²) in [5.74, 6) is 0.305. The van der Waals surface area contributed by atoms with Gasteiger partial charge in [0.15, 0.2) is 0 Å². The van der Waals surface area contributed by atoms with Crippen molar-refractivity contribution in [2.75, 3.05) is 18.4 Å². The second kappa shape index (κ2) is 6.26. The summed E-state index contributed by atoms with van der Waals surface area (Å²) in [7, 11) is 0. The van der Waals surface area contributed by atoms with Gasteiger partial charge in [-0.2, -0.15) is 0 Å². The number of likely N-dealkylation sites (tertiary alicyclic amines) is 1. The van der Waals surface area contributed by atoms with Crippen molar-refractivity contribution in [2.45, 2.75) is 25.9 Å². The van der Waals surface area contributed by atoms with Gasteiger partial charge in [-0.1, -0.05) is 11.6 Å². The van der Waals surface area contributed by atoms with Crippen molar-refractivity contribution < 1.29 is 9.90 Å². The van der Waals surface area contributed by atoms with E-state index in [0.29, 0.717) is 24.0 Å². The van der Waals surface area contributed by atoms with Crippen LogP contribution in [-0.4, -0.2) is 35.2 Å². The van der Waals surface area contributed by atoms with Gasteiger partial charge < -0.3 is 15.3 Å². The molecule has 4 nitrogen and oxygen atoms in total. The van der Waals surface area contributed by atoms with Crippen molar-refractivity contribution in [1.82, 2.24) is 4.90 Å². The van der Waals surface area contributed by atoms with Gasteiger partial charge in [-0.25, -0.2) is 4.79 Å². The zero-order valence-electron chi connectivity index (χ0n) is 11.0. The van der Waals surface area contributed by atoms with Crippen molar-refractivity contribution in [1.29, 1.82) is 0 Å². The molecule has 0 radical (unpaired) electrons. The average Bonchev–Trinajstić information content (AvgIpc) is 2.41. The van der Waals surface area contributed by atoms with Gasteiger partial charge in [0.1, 0.15) is 0 Å². The highest BCUT2D eigenvalue weighted by Crippen LogP contribution is 2.21. The predicted octanol–water partition coefficient (Wildman–Crippen LogP) is 2.96. The van der Waals surface area contributed by atoms with Crippen LogP contribution >= 0.6 is 11.6 Å². The van der Waals surface area contributed by atoms with Gasteiger partial charge in [0.2, 0.25) is 0 Å². The van der Waals surface area contributed by atoms with E-state index >= 15 is 0 Å². The number of benzene rings is 1. The number of hydrogen-bond acceptors (Lipinski definition) is 2. The topological polar surface area (TPSA) is 52.6 Å². The van der Waals surface area contributed by atoms with E-state index in [0.717, 1.165) is 18.5 Å². The predicted molar refractivity (Wildman–Crippen MR) is 76.4 cm³/mol. The molecule has 1 saturated heterocycles. The molecule has 104 valence electrons. The molecule has 1 aliphatic heterocycles. The molecule has 2 rings (SSSR count). The fourth-order valence-electron chi connectivity index (χ4n) is 2.32. The van der Waals surface area contributed by atoms with E-state index in [1.54, 1.807) is 29.2 Å². The molecular formula is C14H19ClN2O2. The molecule has 1 aliphatic rings. The lowest BCUT2D eigenvalue weighted by atomic mass is 9.92. The van der Waals surface area contributed by atoms with E-state index in [1.165, 1.54) is 0 Å². The van der Waals surface area contributed by atoms with E-state index in [1.807, 2.05) is 6.92 Å². The van der Waals surface area contributed by atoms with Gasteiger partial charge in [-0.15, -0.1) is 0 Å². The number of hydrogen-bond donors (Lipinski definition) is 2. The molecular weight excluding hydrogens is 264 g/mol. The summed E-state index contributed by atoms with van der Waals surface area (Å²) in [6, 6.07) is 6.96. The van der Waals surface area contributed by atoms with E-state index in [-0.39, 0.29) is 12.1 Å². The molecule has 0 aromatic heterocycles. The fourth-order valence-corrected chi connectivity index (χ4v) is 2.45. The van der Waals surface area contributed by atoms with Crippen LogP contribution in [-0.2, 0) is 0 Å². The summed E-state index contributed by atoms with van der Waals surface area (Å²) < 4.78 is 0. The monoisotopic (exact) mass is 282 g/mol. The number of nitrogens with zero attached hydrogens (tertiary/aromatic N) is 1. The molecule has 0 saturated carbocycles. The Labute approximate surface area is 118 Å². The second-order valence-corrected chi connectivity index (χ2v) is 5.44. The molecule has 0 bridgehead atoms. The van der Waals surface area contributed by atoms with Crippen LogP contribution in [0.5, 0.6) is 0 Å². The van der Waals surface area contributed by atoms with Gasteiger partial charge in [0.05, 0.1) is 6.10 Å². The largest absolute Gasteiger partial charge is 0.393 e. The lowest BCUT2D eigenvalue weighted by Gasteiger charge is -2.33. The van der Waals surface area contributed by atoms with Crippen molar-refractivity contribution in [3.05, 3.63) is 29.3 Å². The van der Waals surface area contributed by atoms with Gasteiger partial charge in [-0.3, -0.25) is 0 Å². The highest BCUT2D eigenvalue weighted by Gasteiger charge is 2.25. The third-order valence-electron chi connectivity index (χ3n) is 3.60. The highest BCUT2D eigenvalue weighted by atomic mass is 35.5. The molecule has 1 heterocycles. The third-order valence-corrected chi connectivity index (χ3v) is 3.86. The maximum atomic E-state index is 12.0. The Bertz CT molecular complexity index is 426. The smallest absolute Gasteiger partial charge is 0.321 e. The first kappa shape index (κ1) is 14.2. The number of halogens is 1. The lowest BCUT2D eigenvalue weighted by Crippen LogP contribution is -2.42. The number of carbonyl (C=O) groups is 1. The zero-order valence-corrected chi connectivity index (χ0v) is 11.7. The summed E-state index contributed by atoms with van der Waals surface area (Å²) in [4.78, 5) is 13.8. The molecule has 2 N–H and O–H groups in total. The molecule has 1 fully saturated rings. The summed E-state index contributed by atoms with van der Waals surface area (Å²) >= 11 is 5.80. The van der Waals surface area contributed by atoms with Crippen molar-refractivity contribution in [3.63, 3.8) is 0 Å². The first-order valence-electron chi connectivity index (χ1n) is 6.56. The van der Waals surface area contributed by atoms with Gasteiger partial charge in [0.25, 0.3) is 0 Å². The van der Waals surface area contributed by atoms with Crippen molar-refractivity contribution in [2.24, 2.45) is 5.92 Å². The van der Waals surface area contributed by atoms with Gasteiger partial charge in [-0.05, 0) is 49.9 Å². The molecule has 5 heteroatoms. The quantitative estimate of drug-likeness (QED) is 0.876. The SMILES string of the molecule is CC(O)C1CCN(C(=O)Nc2ccc(Cl)cc2)CC1. The molecule has 1 unspecified atom stereocenters. The Morgan fingerprint density at radius 1 is 1.37 bits per heavy atom. The number of urea groups is 1. The summed E-state index contributed by atoms with van der Waals surface area (Å²) in [6.07, 6.45) is 1.42. The lowest BCUT2D eigenvalue weighted by molar-refractivity contribution is 0.0820. The van der Waals surface area contributed by atoms with E-state index < -0.39 is 0 Å². The van der Waals surface area contributed by atoms with Crippen LogP contribution in [0.4, 0.5) is 10.5 Å². The number of aliphatic hydroxyl groups excluding tert-OH is 1. The minimum Gasteiger partial charge on any atom is -0.393 e. The summed E-state index contributed by atoms with van der Waals surface area (Å²) in [6.45, 7) is 3.19. The van der Waals surface area contributed by atoms with Crippen LogP contribution in [0.3, 0.4) is 0 Å². The number of piperidine rings is 1. The molecule has 1 atom stereocenters. The molecule has 2 amide bonds. The number of carbonyl (C=O) groups excluding carboxylic acids is 1. The van der Waals surface area contributed by atoms with Crippen LogP contribution in [0, 0.1) is 5.92 Å². The van der Waals surface area contributed by atoms with Crippen LogP contribution in [0.15, 0.2) is 24.3 Å². The maximum absolute atomic E-state index is 12.0. The van der Waals surface area contributed by atoms with E-state index in [4.69, 9.17) is 11.6 Å². The minimum absolute atomic E-state index is 0.0913.